The molecule has 0 bridgehead atoms. The second-order valence-corrected chi connectivity index (χ2v) is 8.16. The Morgan fingerprint density at radius 1 is 1.00 bits per heavy atom. The number of phenolic OH excluding ortho intramolecular Hbond substituents is 1. The summed E-state index contributed by atoms with van der Waals surface area (Å²) in [5.74, 6) is 0.943. The molecule has 0 radical (unpaired) electrons. The third-order valence-electron chi connectivity index (χ3n) is 5.42. The van der Waals surface area contributed by atoms with Gasteiger partial charge in [-0.25, -0.2) is 0 Å². The van der Waals surface area contributed by atoms with E-state index in [1.54, 1.807) is 12.1 Å². The predicted molar refractivity (Wildman–Crippen MR) is 127 cm³/mol. The van der Waals surface area contributed by atoms with E-state index in [2.05, 4.69) is 5.32 Å². The number of aliphatic hydroxyl groups is 1. The molecule has 186 valence electrons. The summed E-state index contributed by atoms with van der Waals surface area (Å²) >= 11 is 0. The van der Waals surface area contributed by atoms with E-state index in [-0.39, 0.29) is 24.5 Å². The first-order valence-corrected chi connectivity index (χ1v) is 11.6. The molecular weight excluding hydrogens is 440 g/mol. The number of amides is 1. The van der Waals surface area contributed by atoms with Gasteiger partial charge in [-0.3, -0.25) is 4.79 Å². The summed E-state index contributed by atoms with van der Waals surface area (Å²) in [5, 5.41) is 22.6. The highest BCUT2D eigenvalue weighted by atomic mass is 16.5. The van der Waals surface area contributed by atoms with Crippen LogP contribution in [0.2, 0.25) is 0 Å². The van der Waals surface area contributed by atoms with Gasteiger partial charge < -0.3 is 40.2 Å². The number of carbonyl (C=O) groups excluding carboxylic acids is 1. The second-order valence-electron chi connectivity index (χ2n) is 8.16. The summed E-state index contributed by atoms with van der Waals surface area (Å²) in [5.41, 5.74) is 5.40. The third kappa shape index (κ3) is 8.74. The highest BCUT2D eigenvalue weighted by Crippen LogP contribution is 2.23. The van der Waals surface area contributed by atoms with Crippen molar-refractivity contribution in [1.29, 1.82) is 0 Å². The molecule has 0 aromatic heterocycles. The van der Waals surface area contributed by atoms with Gasteiger partial charge in [-0.05, 0) is 55.3 Å². The Labute approximate surface area is 199 Å². The van der Waals surface area contributed by atoms with Gasteiger partial charge in [0.15, 0.2) is 0 Å². The SMILES string of the molecule is NC(=O)c1cc(O)ccc1OCCNCC(O)COc1ccc(OCCOC2CCCC2)cc1. The fourth-order valence-corrected chi connectivity index (χ4v) is 3.65. The molecule has 1 unspecified atom stereocenters. The van der Waals surface area contributed by atoms with E-state index in [0.717, 1.165) is 18.6 Å². The number of primary amides is 1. The van der Waals surface area contributed by atoms with E-state index >= 15 is 0 Å². The first kappa shape index (κ1) is 25.6. The van der Waals surface area contributed by atoms with E-state index in [1.807, 2.05) is 12.1 Å². The summed E-state index contributed by atoms with van der Waals surface area (Å²) in [6, 6.07) is 11.4. The number of rotatable bonds is 15. The van der Waals surface area contributed by atoms with Gasteiger partial charge in [0.25, 0.3) is 5.91 Å². The van der Waals surface area contributed by atoms with Crippen molar-refractivity contribution in [3.8, 4) is 23.0 Å². The molecule has 2 aromatic rings. The fraction of sp³-hybridized carbons (Fsp3) is 0.480. The number of aromatic hydroxyl groups is 1. The molecule has 34 heavy (non-hydrogen) atoms. The number of hydrogen-bond acceptors (Lipinski definition) is 8. The van der Waals surface area contributed by atoms with Crippen LogP contribution in [0.4, 0.5) is 0 Å². The van der Waals surface area contributed by atoms with Crippen molar-refractivity contribution in [3.05, 3.63) is 48.0 Å². The minimum Gasteiger partial charge on any atom is -0.508 e. The zero-order valence-corrected chi connectivity index (χ0v) is 19.3. The molecular formula is C25H34N2O7. The van der Waals surface area contributed by atoms with Crippen LogP contribution >= 0.6 is 0 Å². The lowest BCUT2D eigenvalue weighted by molar-refractivity contribution is 0.0382. The summed E-state index contributed by atoms with van der Waals surface area (Å²) in [7, 11) is 0. The second kappa shape index (κ2) is 13.6. The van der Waals surface area contributed by atoms with Crippen LogP contribution in [-0.2, 0) is 4.74 Å². The van der Waals surface area contributed by atoms with Crippen LogP contribution in [0.1, 0.15) is 36.0 Å². The Balaban J connectivity index is 1.25. The maximum Gasteiger partial charge on any atom is 0.252 e. The zero-order valence-electron chi connectivity index (χ0n) is 19.3. The molecule has 1 fully saturated rings. The van der Waals surface area contributed by atoms with E-state index in [1.165, 1.54) is 31.0 Å². The molecule has 1 atom stereocenters. The maximum absolute atomic E-state index is 11.4. The molecule has 3 rings (SSSR count). The summed E-state index contributed by atoms with van der Waals surface area (Å²) in [6.45, 7) is 2.24. The van der Waals surface area contributed by atoms with Crippen molar-refractivity contribution in [2.75, 3.05) is 39.5 Å². The van der Waals surface area contributed by atoms with Crippen LogP contribution in [0, 0.1) is 0 Å². The number of carbonyl (C=O) groups is 1. The van der Waals surface area contributed by atoms with Crippen molar-refractivity contribution in [1.82, 2.24) is 5.32 Å². The Bertz CT molecular complexity index is 885. The number of ether oxygens (including phenoxy) is 4. The first-order chi connectivity index (χ1) is 16.5. The molecule has 9 nitrogen and oxygen atoms in total. The third-order valence-corrected chi connectivity index (χ3v) is 5.42. The number of aliphatic hydroxyl groups excluding tert-OH is 1. The topological polar surface area (TPSA) is 133 Å². The molecule has 9 heteroatoms. The van der Waals surface area contributed by atoms with Crippen LogP contribution in [-0.4, -0.2) is 67.8 Å². The molecule has 2 aromatic carbocycles. The van der Waals surface area contributed by atoms with Crippen LogP contribution in [0.25, 0.3) is 0 Å². The van der Waals surface area contributed by atoms with E-state index in [0.29, 0.717) is 43.9 Å². The van der Waals surface area contributed by atoms with Crippen LogP contribution in [0.3, 0.4) is 0 Å². The molecule has 5 N–H and O–H groups in total. The highest BCUT2D eigenvalue weighted by molar-refractivity contribution is 5.96. The first-order valence-electron chi connectivity index (χ1n) is 11.6. The van der Waals surface area contributed by atoms with Crippen molar-refractivity contribution < 1.29 is 34.0 Å². The largest absolute Gasteiger partial charge is 0.508 e. The molecule has 1 aliphatic carbocycles. The summed E-state index contributed by atoms with van der Waals surface area (Å²) in [4.78, 5) is 11.4. The van der Waals surface area contributed by atoms with Gasteiger partial charge >= 0.3 is 0 Å². The minimum absolute atomic E-state index is 0.0614. The van der Waals surface area contributed by atoms with Crippen LogP contribution < -0.4 is 25.3 Å². The standard InChI is InChI=1S/C25H34N2O7/c26-25(30)23-15-18(28)5-10-24(23)33-12-11-27-16-19(29)17-34-22-8-6-21(7-9-22)32-14-13-31-20-3-1-2-4-20/h5-10,15,19-20,27-29H,1-4,11-14,16-17H2,(H2,26,30). The Kier molecular flexibility index (Phi) is 10.3. The van der Waals surface area contributed by atoms with Gasteiger partial charge in [0.1, 0.15) is 48.9 Å². The quantitative estimate of drug-likeness (QED) is 0.289. The Morgan fingerprint density at radius 3 is 2.41 bits per heavy atom. The number of benzene rings is 2. The molecule has 0 heterocycles. The highest BCUT2D eigenvalue weighted by Gasteiger charge is 2.15. The van der Waals surface area contributed by atoms with Crippen LogP contribution in [0.15, 0.2) is 42.5 Å². The van der Waals surface area contributed by atoms with E-state index in [4.69, 9.17) is 24.7 Å². The number of hydrogen-bond donors (Lipinski definition) is 4. The lowest BCUT2D eigenvalue weighted by Crippen LogP contribution is -2.33. The smallest absolute Gasteiger partial charge is 0.252 e. The molecule has 1 saturated carbocycles. The van der Waals surface area contributed by atoms with Crippen molar-refractivity contribution in [3.63, 3.8) is 0 Å². The predicted octanol–water partition coefficient (Wildman–Crippen LogP) is 2.24. The van der Waals surface area contributed by atoms with Crippen molar-refractivity contribution in [2.45, 2.75) is 37.9 Å². The van der Waals surface area contributed by atoms with Gasteiger partial charge in [-0.2, -0.15) is 0 Å². The summed E-state index contributed by atoms with van der Waals surface area (Å²) < 4.78 is 22.6. The normalized spacial score (nSPS) is 14.6. The molecule has 0 spiro atoms. The van der Waals surface area contributed by atoms with Crippen molar-refractivity contribution >= 4 is 5.91 Å². The van der Waals surface area contributed by atoms with Gasteiger partial charge in [-0.1, -0.05) is 12.8 Å². The van der Waals surface area contributed by atoms with Gasteiger partial charge in [0.2, 0.25) is 0 Å². The van der Waals surface area contributed by atoms with E-state index in [9.17, 15) is 15.0 Å². The zero-order chi connectivity index (χ0) is 24.2. The molecule has 0 aliphatic heterocycles. The average molecular weight is 475 g/mol. The van der Waals surface area contributed by atoms with Gasteiger partial charge in [-0.15, -0.1) is 0 Å². The average Bonchev–Trinajstić information content (AvgIpc) is 3.35. The lowest BCUT2D eigenvalue weighted by Gasteiger charge is -2.15. The van der Waals surface area contributed by atoms with E-state index < -0.39 is 12.0 Å². The monoisotopic (exact) mass is 474 g/mol. The number of phenols is 1. The van der Waals surface area contributed by atoms with Crippen molar-refractivity contribution in [2.24, 2.45) is 5.73 Å². The number of nitrogens with two attached hydrogens (primary N) is 1. The lowest BCUT2D eigenvalue weighted by atomic mass is 10.2. The van der Waals surface area contributed by atoms with Gasteiger partial charge in [0, 0.05) is 13.1 Å². The molecule has 1 amide bonds. The Morgan fingerprint density at radius 2 is 1.71 bits per heavy atom. The summed E-state index contributed by atoms with van der Waals surface area (Å²) in [6.07, 6.45) is 4.50. The van der Waals surface area contributed by atoms with Crippen LogP contribution in [0.5, 0.6) is 23.0 Å². The maximum atomic E-state index is 11.4. The van der Waals surface area contributed by atoms with Gasteiger partial charge in [0.05, 0.1) is 18.3 Å². The Hall–Kier alpha value is -3.01. The molecule has 1 aliphatic rings. The fourth-order valence-electron chi connectivity index (χ4n) is 3.65. The molecule has 0 saturated heterocycles. The number of nitrogens with one attached hydrogen (secondary N) is 1. The minimum atomic E-state index is -0.710.